The van der Waals surface area contributed by atoms with Gasteiger partial charge in [-0.15, -0.1) is 0 Å². The van der Waals surface area contributed by atoms with Crippen molar-refractivity contribution in [1.29, 1.82) is 0 Å². The van der Waals surface area contributed by atoms with Gasteiger partial charge in [-0.2, -0.15) is 0 Å². The van der Waals surface area contributed by atoms with Crippen LogP contribution in [-0.2, 0) is 157 Å². The average molecular weight is 557 g/mol. The Labute approximate surface area is 173 Å². The number of rotatable bonds is 0. The van der Waals surface area contributed by atoms with Crippen LogP contribution in [0.3, 0.4) is 0 Å². The zero-order valence-corrected chi connectivity index (χ0v) is 16.1. The summed E-state index contributed by atoms with van der Waals surface area (Å²) < 4.78 is 8.52. The molecule has 0 rings (SSSR count). The standard InChI is InChI=1S/7Mn.O3Si.6O/c;;;;;;;1-4(2)3;;;;;;/q7*+2;7*-2. The first-order valence-corrected chi connectivity index (χ1v) is 1.84. The minimum atomic E-state index is -3.63. The van der Waals surface area contributed by atoms with Crippen molar-refractivity contribution in [3.8, 4) is 0 Å². The summed E-state index contributed by atoms with van der Waals surface area (Å²) in [4.78, 5) is 17.0. The Hall–Kier alpha value is 3.01. The van der Waals surface area contributed by atoms with Crippen LogP contribution in [0.25, 0.3) is 0 Å². The molecule has 17 heteroatoms. The van der Waals surface area contributed by atoms with E-state index in [1.165, 1.54) is 0 Å². The van der Waals surface area contributed by atoms with Gasteiger partial charge in [0.1, 0.15) is 0 Å². The fraction of sp³-hybridized carbons (Fsp3) is 0. The maximum Gasteiger partial charge on any atom is 2.00 e. The second kappa shape index (κ2) is 171. The smallest absolute Gasteiger partial charge is 2.00 e. The molecule has 0 aliphatic rings. The Balaban J connectivity index is -0.000000000577. The van der Waals surface area contributed by atoms with Crippen molar-refractivity contribution in [2.75, 3.05) is 0 Å². The maximum atomic E-state index is 8.52. The van der Waals surface area contributed by atoms with Gasteiger partial charge in [0.25, 0.3) is 0 Å². The Morgan fingerprint density at radius 3 is 0.471 bits per heavy atom. The normalized spacial score (nSPS) is 1.41. The van der Waals surface area contributed by atoms with Gasteiger partial charge in [-0.05, 0) is 0 Å². The summed E-state index contributed by atoms with van der Waals surface area (Å²) in [6, 6.07) is 0. The molecule has 0 aromatic carbocycles. The van der Waals surface area contributed by atoms with Crippen molar-refractivity contribution in [2.24, 2.45) is 0 Å². The van der Waals surface area contributed by atoms with Crippen molar-refractivity contribution < 1.29 is 166 Å². The van der Waals surface area contributed by atoms with E-state index >= 15 is 0 Å². The largest absolute Gasteiger partial charge is 2.00 e. The average Bonchev–Trinajstić information content (AvgIpc) is 0.811. The van der Waals surface area contributed by atoms with E-state index in [0.29, 0.717) is 0 Å². The molecule has 0 bridgehead atoms. The van der Waals surface area contributed by atoms with Gasteiger partial charge >= 0.3 is 119 Å². The second-order valence-corrected chi connectivity index (χ2v) is 0.750. The fourth-order valence-corrected chi connectivity index (χ4v) is 0. The summed E-state index contributed by atoms with van der Waals surface area (Å²) >= 11 is 0. The third kappa shape index (κ3) is 606. The van der Waals surface area contributed by atoms with E-state index in [1.807, 2.05) is 0 Å². The van der Waals surface area contributed by atoms with Gasteiger partial charge in [-0.25, -0.2) is 0 Å². The van der Waals surface area contributed by atoms with E-state index in [9.17, 15) is 0 Å². The quantitative estimate of drug-likeness (QED) is 0.275. The third-order valence-electron chi connectivity index (χ3n) is 0. The zero-order chi connectivity index (χ0) is 3.58. The number of hydrogen-bond acceptors (Lipinski definition) is 3. The van der Waals surface area contributed by atoms with Crippen molar-refractivity contribution in [2.45, 2.75) is 0 Å². The molecule has 0 heterocycles. The first-order chi connectivity index (χ1) is 1.73. The molecular formula is Mn7O9Si. The molecule has 0 unspecified atom stereocenters. The molecule has 9 nitrogen and oxygen atoms in total. The van der Waals surface area contributed by atoms with Gasteiger partial charge in [0.2, 0.25) is 0 Å². The Morgan fingerprint density at radius 2 is 0.471 bits per heavy atom. The van der Waals surface area contributed by atoms with Crippen LogP contribution in [0.15, 0.2) is 0 Å². The maximum absolute atomic E-state index is 8.52. The fourth-order valence-electron chi connectivity index (χ4n) is 0. The Kier molecular flexibility index (Phi) is 2010. The second-order valence-electron chi connectivity index (χ2n) is 0.250. The van der Waals surface area contributed by atoms with E-state index in [0.717, 1.165) is 0 Å². The molecule has 0 fully saturated rings. The molecule has 7 radical (unpaired) electrons. The van der Waals surface area contributed by atoms with Crippen LogP contribution in [-0.4, -0.2) is 9.17 Å². The van der Waals surface area contributed by atoms with Crippen LogP contribution >= 0.6 is 0 Å². The monoisotopic (exact) mass is 556 g/mol. The molecule has 107 valence electrons. The molecule has 17 heavy (non-hydrogen) atoms. The zero-order valence-electron chi connectivity index (χ0n) is 6.82. The van der Waals surface area contributed by atoms with Crippen LogP contribution < -0.4 is 9.59 Å². The van der Waals surface area contributed by atoms with E-state index < -0.39 is 9.17 Å². The minimum Gasteiger partial charge on any atom is -2.00 e. The predicted molar refractivity (Wildman–Crippen MR) is 10.6 cm³/mol. The van der Waals surface area contributed by atoms with Crippen molar-refractivity contribution in [3.05, 3.63) is 0 Å². The van der Waals surface area contributed by atoms with Crippen LogP contribution in [0.2, 0.25) is 0 Å². The first-order valence-electron chi connectivity index (χ1n) is 0.612. The molecule has 0 aliphatic carbocycles. The van der Waals surface area contributed by atoms with Gasteiger partial charge in [-0.3, -0.25) is 0 Å². The molecule has 0 N–H and O–H groups in total. The number of hydrogen-bond donors (Lipinski definition) is 0. The molecule has 0 saturated heterocycles. The van der Waals surface area contributed by atoms with Crippen LogP contribution in [0.5, 0.6) is 0 Å². The molecule has 0 aromatic heterocycles. The van der Waals surface area contributed by atoms with E-state index in [4.69, 9.17) is 14.1 Å². The summed E-state index contributed by atoms with van der Waals surface area (Å²) in [5.74, 6) is 0. The Bertz CT molecular complexity index is 44.3. The van der Waals surface area contributed by atoms with Gasteiger partial charge in [-0.1, -0.05) is 0 Å². The van der Waals surface area contributed by atoms with E-state index in [-0.39, 0.29) is 152 Å². The summed E-state index contributed by atoms with van der Waals surface area (Å²) in [6.07, 6.45) is 0. The topological polar surface area (TPSA) is 234 Å². The SMILES string of the molecule is O=[Si]([O-])[O-].[Mn+2].[Mn+2].[Mn+2].[Mn+2].[Mn+2].[Mn+2].[Mn+2].[O-2].[O-2].[O-2].[O-2].[O-2].[O-2]. The molecule has 0 saturated carbocycles. The first kappa shape index (κ1) is 200. The summed E-state index contributed by atoms with van der Waals surface area (Å²) in [6.45, 7) is 0. The minimum absolute atomic E-state index is 0. The summed E-state index contributed by atoms with van der Waals surface area (Å²) in [7, 11) is -3.63. The van der Waals surface area contributed by atoms with Gasteiger partial charge in [0.05, 0.1) is 0 Å². The molecular weight excluding hydrogens is 557 g/mol. The van der Waals surface area contributed by atoms with Crippen LogP contribution in [0.4, 0.5) is 0 Å². The van der Waals surface area contributed by atoms with Gasteiger partial charge in [0.15, 0.2) is 0 Å². The van der Waals surface area contributed by atoms with Crippen molar-refractivity contribution in [3.63, 3.8) is 0 Å². The van der Waals surface area contributed by atoms with Gasteiger partial charge < -0.3 is 46.9 Å². The van der Waals surface area contributed by atoms with Crippen molar-refractivity contribution in [1.82, 2.24) is 0 Å². The predicted octanol–water partition coefficient (Wildman–Crippen LogP) is -3.61. The van der Waals surface area contributed by atoms with Crippen molar-refractivity contribution >= 4 is 9.17 Å². The van der Waals surface area contributed by atoms with Crippen LogP contribution in [0, 0.1) is 0 Å². The summed E-state index contributed by atoms with van der Waals surface area (Å²) in [5, 5.41) is 0. The van der Waals surface area contributed by atoms with Gasteiger partial charge in [0, 0.05) is 9.17 Å². The summed E-state index contributed by atoms with van der Waals surface area (Å²) in [5.41, 5.74) is 0. The Morgan fingerprint density at radius 1 is 0.471 bits per heavy atom. The molecule has 0 atom stereocenters. The van der Waals surface area contributed by atoms with E-state index in [1.54, 1.807) is 0 Å². The third-order valence-corrected chi connectivity index (χ3v) is 0. The molecule has 0 amide bonds. The van der Waals surface area contributed by atoms with Crippen LogP contribution in [0.1, 0.15) is 0 Å². The molecule has 0 aliphatic heterocycles. The molecule has 0 spiro atoms. The van der Waals surface area contributed by atoms with E-state index in [2.05, 4.69) is 0 Å². The molecule has 0 aromatic rings.